The maximum Gasteiger partial charge on any atom is 0.0402 e. The highest BCUT2D eigenvalue weighted by Gasteiger charge is 2.44. The van der Waals surface area contributed by atoms with Crippen molar-refractivity contribution in [3.63, 3.8) is 0 Å². The fraction of sp³-hybridized carbons (Fsp3) is 0.538. The second-order valence-corrected chi connectivity index (χ2v) is 4.90. The van der Waals surface area contributed by atoms with Crippen LogP contribution in [0.15, 0.2) is 18.2 Å². The van der Waals surface area contributed by atoms with Crippen molar-refractivity contribution in [3.8, 4) is 0 Å². The van der Waals surface area contributed by atoms with Crippen LogP contribution in [0.2, 0.25) is 0 Å². The van der Waals surface area contributed by atoms with E-state index >= 15 is 0 Å². The molecule has 1 fully saturated rings. The van der Waals surface area contributed by atoms with Crippen molar-refractivity contribution in [2.24, 2.45) is 5.73 Å². The smallest absolute Gasteiger partial charge is 0.0402 e. The van der Waals surface area contributed by atoms with Crippen LogP contribution in [0.3, 0.4) is 0 Å². The zero-order valence-electron chi connectivity index (χ0n) is 9.88. The Bertz CT molecular complexity index is 365. The first-order valence-corrected chi connectivity index (χ1v) is 5.57. The zero-order chi connectivity index (χ0) is 11.1. The van der Waals surface area contributed by atoms with Crippen molar-refractivity contribution in [2.45, 2.75) is 25.2 Å². The Morgan fingerprint density at radius 3 is 2.47 bits per heavy atom. The average molecular weight is 204 g/mol. The van der Waals surface area contributed by atoms with Crippen molar-refractivity contribution in [1.82, 2.24) is 0 Å². The Balaban J connectivity index is 2.47. The van der Waals surface area contributed by atoms with E-state index in [2.05, 4.69) is 44.1 Å². The molecule has 0 spiro atoms. The molecular formula is C13H20N2. The lowest BCUT2D eigenvalue weighted by molar-refractivity contribution is 0.702. The number of nitrogens with zero attached hydrogens (tertiary/aromatic N) is 1. The maximum absolute atomic E-state index is 5.89. The number of hydrogen-bond acceptors (Lipinski definition) is 2. The Labute approximate surface area is 92.1 Å². The van der Waals surface area contributed by atoms with E-state index in [-0.39, 0.29) is 5.41 Å². The molecule has 1 aliphatic rings. The highest BCUT2D eigenvalue weighted by molar-refractivity contribution is 5.59. The number of rotatable bonds is 3. The van der Waals surface area contributed by atoms with Crippen LogP contribution in [0.1, 0.15) is 24.0 Å². The molecule has 1 aromatic carbocycles. The standard InChI is InChI=1S/C13H20N2/c1-10-4-5-11(12(8-10)15(2)3)13(9-14)6-7-13/h4-5,8H,6-7,9,14H2,1-3H3. The lowest BCUT2D eigenvalue weighted by Gasteiger charge is -2.23. The topological polar surface area (TPSA) is 29.3 Å². The van der Waals surface area contributed by atoms with Gasteiger partial charge in [-0.3, -0.25) is 0 Å². The van der Waals surface area contributed by atoms with E-state index in [0.29, 0.717) is 0 Å². The highest BCUT2D eigenvalue weighted by Crippen LogP contribution is 2.50. The van der Waals surface area contributed by atoms with E-state index in [0.717, 1.165) is 6.54 Å². The summed E-state index contributed by atoms with van der Waals surface area (Å²) in [7, 11) is 4.20. The quantitative estimate of drug-likeness (QED) is 0.816. The van der Waals surface area contributed by atoms with Gasteiger partial charge in [-0.05, 0) is 37.0 Å². The van der Waals surface area contributed by atoms with Crippen molar-refractivity contribution in [3.05, 3.63) is 29.3 Å². The van der Waals surface area contributed by atoms with Gasteiger partial charge in [-0.15, -0.1) is 0 Å². The summed E-state index contributed by atoms with van der Waals surface area (Å²) in [6.07, 6.45) is 2.49. The minimum atomic E-state index is 0.285. The second-order valence-electron chi connectivity index (χ2n) is 4.90. The normalized spacial score (nSPS) is 17.6. The first kappa shape index (κ1) is 10.5. The number of anilines is 1. The van der Waals surface area contributed by atoms with Gasteiger partial charge in [0.25, 0.3) is 0 Å². The van der Waals surface area contributed by atoms with Crippen LogP contribution in [-0.4, -0.2) is 20.6 Å². The summed E-state index contributed by atoms with van der Waals surface area (Å²) in [6.45, 7) is 2.91. The van der Waals surface area contributed by atoms with E-state index < -0.39 is 0 Å². The summed E-state index contributed by atoms with van der Waals surface area (Å²) >= 11 is 0. The van der Waals surface area contributed by atoms with Gasteiger partial charge < -0.3 is 10.6 Å². The molecule has 1 saturated carbocycles. The van der Waals surface area contributed by atoms with Crippen LogP contribution in [0.25, 0.3) is 0 Å². The first-order valence-electron chi connectivity index (χ1n) is 5.57. The summed E-state index contributed by atoms with van der Waals surface area (Å²) in [5.41, 5.74) is 10.3. The largest absolute Gasteiger partial charge is 0.377 e. The summed E-state index contributed by atoms with van der Waals surface area (Å²) in [5.74, 6) is 0. The molecular weight excluding hydrogens is 184 g/mol. The third kappa shape index (κ3) is 1.74. The third-order valence-corrected chi connectivity index (χ3v) is 3.45. The van der Waals surface area contributed by atoms with Crippen molar-refractivity contribution >= 4 is 5.69 Å². The number of nitrogens with two attached hydrogens (primary N) is 1. The zero-order valence-corrected chi connectivity index (χ0v) is 9.88. The van der Waals surface area contributed by atoms with Gasteiger partial charge in [-0.25, -0.2) is 0 Å². The average Bonchev–Trinajstić information content (AvgIpc) is 2.98. The van der Waals surface area contributed by atoms with Crippen LogP contribution >= 0.6 is 0 Å². The molecule has 0 aromatic heterocycles. The molecule has 0 amide bonds. The van der Waals surface area contributed by atoms with Crippen LogP contribution in [0.4, 0.5) is 5.69 Å². The van der Waals surface area contributed by atoms with Crippen molar-refractivity contribution < 1.29 is 0 Å². The molecule has 2 rings (SSSR count). The molecule has 2 nitrogen and oxygen atoms in total. The van der Waals surface area contributed by atoms with Gasteiger partial charge in [0.15, 0.2) is 0 Å². The van der Waals surface area contributed by atoms with Gasteiger partial charge in [0.2, 0.25) is 0 Å². The number of hydrogen-bond donors (Lipinski definition) is 1. The third-order valence-electron chi connectivity index (χ3n) is 3.45. The fourth-order valence-electron chi connectivity index (χ4n) is 2.19. The van der Waals surface area contributed by atoms with Gasteiger partial charge in [0.1, 0.15) is 0 Å². The van der Waals surface area contributed by atoms with Gasteiger partial charge >= 0.3 is 0 Å². The molecule has 2 heteroatoms. The monoisotopic (exact) mass is 204 g/mol. The Hall–Kier alpha value is -1.02. The van der Waals surface area contributed by atoms with Crippen molar-refractivity contribution in [1.29, 1.82) is 0 Å². The Morgan fingerprint density at radius 2 is 2.00 bits per heavy atom. The van der Waals surface area contributed by atoms with Crippen LogP contribution in [0.5, 0.6) is 0 Å². The lowest BCUT2D eigenvalue weighted by Crippen LogP contribution is -2.23. The molecule has 1 aliphatic carbocycles. The van der Waals surface area contributed by atoms with Crippen LogP contribution in [-0.2, 0) is 5.41 Å². The summed E-state index contributed by atoms with van der Waals surface area (Å²) in [6, 6.07) is 6.70. The van der Waals surface area contributed by atoms with Crippen molar-refractivity contribution in [2.75, 3.05) is 25.5 Å². The Morgan fingerprint density at radius 1 is 1.33 bits per heavy atom. The van der Waals surface area contributed by atoms with E-state index in [4.69, 9.17) is 5.73 Å². The van der Waals surface area contributed by atoms with Gasteiger partial charge in [-0.1, -0.05) is 12.1 Å². The lowest BCUT2D eigenvalue weighted by atomic mass is 9.93. The summed E-state index contributed by atoms with van der Waals surface area (Å²) in [5, 5.41) is 0. The predicted octanol–water partition coefficient (Wildman–Crippen LogP) is 2.05. The van der Waals surface area contributed by atoms with E-state index in [9.17, 15) is 0 Å². The van der Waals surface area contributed by atoms with Crippen LogP contribution < -0.4 is 10.6 Å². The number of aryl methyl sites for hydroxylation is 1. The molecule has 0 saturated heterocycles. The van der Waals surface area contributed by atoms with E-state index in [1.165, 1.54) is 29.7 Å². The van der Waals surface area contributed by atoms with Gasteiger partial charge in [-0.2, -0.15) is 0 Å². The number of benzene rings is 1. The molecule has 0 radical (unpaired) electrons. The SMILES string of the molecule is Cc1ccc(C2(CN)CC2)c(N(C)C)c1. The molecule has 0 bridgehead atoms. The molecule has 0 heterocycles. The molecule has 0 atom stereocenters. The highest BCUT2D eigenvalue weighted by atomic mass is 15.1. The molecule has 0 aliphatic heterocycles. The fourth-order valence-corrected chi connectivity index (χ4v) is 2.19. The molecule has 2 N–H and O–H groups in total. The van der Waals surface area contributed by atoms with Crippen LogP contribution in [0, 0.1) is 6.92 Å². The molecule has 82 valence electrons. The van der Waals surface area contributed by atoms with Gasteiger partial charge in [0, 0.05) is 31.7 Å². The van der Waals surface area contributed by atoms with E-state index in [1.54, 1.807) is 0 Å². The minimum absolute atomic E-state index is 0.285. The molecule has 1 aromatic rings. The second kappa shape index (κ2) is 3.53. The summed E-state index contributed by atoms with van der Waals surface area (Å²) < 4.78 is 0. The maximum atomic E-state index is 5.89. The predicted molar refractivity (Wildman–Crippen MR) is 65.5 cm³/mol. The van der Waals surface area contributed by atoms with E-state index in [1.807, 2.05) is 0 Å². The summed E-state index contributed by atoms with van der Waals surface area (Å²) in [4.78, 5) is 2.19. The molecule has 15 heavy (non-hydrogen) atoms. The van der Waals surface area contributed by atoms with Gasteiger partial charge in [0.05, 0.1) is 0 Å². The Kier molecular flexibility index (Phi) is 2.47. The first-order chi connectivity index (χ1) is 7.09. The minimum Gasteiger partial charge on any atom is -0.377 e. The molecule has 0 unspecified atom stereocenters.